The summed E-state index contributed by atoms with van der Waals surface area (Å²) in [5.41, 5.74) is 0. The minimum atomic E-state index is -4.07. The van der Waals surface area contributed by atoms with Gasteiger partial charge in [-0.05, 0) is 18.2 Å². The Kier molecular flexibility index (Phi) is 4.83. The fourth-order valence-corrected chi connectivity index (χ4v) is 1.48. The summed E-state index contributed by atoms with van der Waals surface area (Å²) in [5, 5.41) is 0. The number of rotatable bonds is 1. The van der Waals surface area contributed by atoms with Crippen LogP contribution in [0.25, 0.3) is 0 Å². The molecule has 0 spiro atoms. The first-order valence-electron chi connectivity index (χ1n) is 2.77. The molecule has 0 amide bonds. The Morgan fingerprint density at radius 3 is 2.25 bits per heavy atom. The van der Waals surface area contributed by atoms with E-state index in [0.717, 1.165) is 0 Å². The van der Waals surface area contributed by atoms with Crippen molar-refractivity contribution in [2.24, 2.45) is 0 Å². The molecule has 12 heavy (non-hydrogen) atoms. The minimum absolute atomic E-state index is 0. The zero-order valence-electron chi connectivity index (χ0n) is 5.43. The summed E-state index contributed by atoms with van der Waals surface area (Å²) in [6.45, 7) is 0. The number of hydrogen-bond donors (Lipinski definition) is 2. The molecule has 1 rings (SSSR count). The van der Waals surface area contributed by atoms with Gasteiger partial charge in [-0.1, -0.05) is 6.07 Å². The van der Waals surface area contributed by atoms with E-state index in [0.29, 0.717) is 4.90 Å². The van der Waals surface area contributed by atoms with Crippen LogP contribution in [0, 0.1) is 0 Å². The summed E-state index contributed by atoms with van der Waals surface area (Å²) in [6.07, 6.45) is 0. The number of hydrogen-bond acceptors (Lipinski definition) is 3. The van der Waals surface area contributed by atoms with Gasteiger partial charge in [0.15, 0.2) is 0 Å². The predicted octanol–water partition coefficient (Wildman–Crippen LogP) is 0.574. The van der Waals surface area contributed by atoms with Gasteiger partial charge in [0.05, 0.1) is 4.90 Å². The van der Waals surface area contributed by atoms with E-state index in [1.54, 1.807) is 6.07 Å². The Hall–Kier alpha value is 0.480. The van der Waals surface area contributed by atoms with Gasteiger partial charge in [-0.2, -0.15) is 8.42 Å². The molecule has 0 radical (unpaired) electrons. The van der Waals surface area contributed by atoms with Crippen LogP contribution in [0.2, 0.25) is 0 Å². The molecule has 0 heterocycles. The summed E-state index contributed by atoms with van der Waals surface area (Å²) in [5.74, 6) is 0. The third-order valence-corrected chi connectivity index (χ3v) is 2.24. The van der Waals surface area contributed by atoms with Crippen molar-refractivity contribution < 1.29 is 13.0 Å². The van der Waals surface area contributed by atoms with Crippen LogP contribution in [0.4, 0.5) is 0 Å². The molecular formula is C6H7NaO3S2. The summed E-state index contributed by atoms with van der Waals surface area (Å²) in [4.78, 5) is 0.366. The van der Waals surface area contributed by atoms with Gasteiger partial charge in [-0.15, -0.1) is 12.6 Å². The van der Waals surface area contributed by atoms with Crippen molar-refractivity contribution >= 4 is 52.3 Å². The molecule has 1 aromatic rings. The van der Waals surface area contributed by atoms with E-state index >= 15 is 0 Å². The number of benzene rings is 1. The van der Waals surface area contributed by atoms with Crippen LogP contribution in [-0.2, 0) is 10.1 Å². The first-order chi connectivity index (χ1) is 5.00. The molecule has 3 nitrogen and oxygen atoms in total. The standard InChI is InChI=1S/C6H6O3S2.Na.H/c7-11(8,9)6-3-1-2-5(10)4-6;;/h1-4,10H,(H,7,8,9);;. The zero-order valence-corrected chi connectivity index (χ0v) is 7.14. The Morgan fingerprint density at radius 2 is 1.92 bits per heavy atom. The molecule has 0 aliphatic carbocycles. The second kappa shape index (κ2) is 4.64. The van der Waals surface area contributed by atoms with Crippen LogP contribution >= 0.6 is 12.6 Å². The van der Waals surface area contributed by atoms with Crippen molar-refractivity contribution in [3.8, 4) is 0 Å². The second-order valence-electron chi connectivity index (χ2n) is 1.97. The monoisotopic (exact) mass is 214 g/mol. The third-order valence-electron chi connectivity index (χ3n) is 1.12. The second-order valence-corrected chi connectivity index (χ2v) is 3.91. The van der Waals surface area contributed by atoms with Gasteiger partial charge in [0.2, 0.25) is 0 Å². The molecule has 0 atom stereocenters. The third kappa shape index (κ3) is 3.47. The molecule has 0 saturated carbocycles. The van der Waals surface area contributed by atoms with E-state index < -0.39 is 10.1 Å². The topological polar surface area (TPSA) is 54.4 Å². The average Bonchev–Trinajstić information content (AvgIpc) is 1.86. The Bertz CT molecular complexity index is 361. The molecule has 1 aromatic carbocycles. The van der Waals surface area contributed by atoms with Crippen molar-refractivity contribution in [3.63, 3.8) is 0 Å². The van der Waals surface area contributed by atoms with Crippen LogP contribution < -0.4 is 0 Å². The van der Waals surface area contributed by atoms with Gasteiger partial charge >= 0.3 is 29.6 Å². The zero-order chi connectivity index (χ0) is 8.48. The Morgan fingerprint density at radius 1 is 1.33 bits per heavy atom. The molecule has 0 saturated heterocycles. The molecule has 0 unspecified atom stereocenters. The van der Waals surface area contributed by atoms with Crippen LogP contribution in [0.3, 0.4) is 0 Å². The van der Waals surface area contributed by atoms with Gasteiger partial charge in [-0.3, -0.25) is 4.55 Å². The molecule has 0 aliphatic rings. The van der Waals surface area contributed by atoms with Gasteiger partial charge in [-0.25, -0.2) is 0 Å². The van der Waals surface area contributed by atoms with Gasteiger partial charge in [0.1, 0.15) is 0 Å². The van der Waals surface area contributed by atoms with Crippen molar-refractivity contribution in [2.75, 3.05) is 0 Å². The van der Waals surface area contributed by atoms with Crippen LogP contribution in [-0.4, -0.2) is 42.5 Å². The molecule has 0 aliphatic heterocycles. The van der Waals surface area contributed by atoms with Gasteiger partial charge in [0.25, 0.3) is 10.1 Å². The molecule has 62 valence electrons. The van der Waals surface area contributed by atoms with E-state index in [1.165, 1.54) is 18.2 Å². The van der Waals surface area contributed by atoms with Crippen molar-refractivity contribution in [1.82, 2.24) is 0 Å². The van der Waals surface area contributed by atoms with Crippen molar-refractivity contribution in [2.45, 2.75) is 9.79 Å². The van der Waals surface area contributed by atoms with E-state index in [-0.39, 0.29) is 34.5 Å². The van der Waals surface area contributed by atoms with Crippen LogP contribution in [0.15, 0.2) is 34.1 Å². The first-order valence-corrected chi connectivity index (χ1v) is 4.65. The van der Waals surface area contributed by atoms with E-state index in [9.17, 15) is 8.42 Å². The maximum atomic E-state index is 10.5. The maximum absolute atomic E-state index is 10.5. The normalized spacial score (nSPS) is 10.5. The van der Waals surface area contributed by atoms with Gasteiger partial charge in [0, 0.05) is 4.90 Å². The van der Waals surface area contributed by atoms with Crippen LogP contribution in [0.5, 0.6) is 0 Å². The van der Waals surface area contributed by atoms with Crippen molar-refractivity contribution in [1.29, 1.82) is 0 Å². The first kappa shape index (κ1) is 12.5. The average molecular weight is 214 g/mol. The quantitative estimate of drug-likeness (QED) is 0.408. The van der Waals surface area contributed by atoms with Crippen molar-refractivity contribution in [3.05, 3.63) is 24.3 Å². The molecule has 0 aromatic heterocycles. The Labute approximate surface area is 98.6 Å². The number of thiol groups is 1. The van der Waals surface area contributed by atoms with Crippen LogP contribution in [0.1, 0.15) is 0 Å². The summed E-state index contributed by atoms with van der Waals surface area (Å²) < 4.78 is 29.6. The summed E-state index contributed by atoms with van der Waals surface area (Å²) in [7, 11) is -4.07. The molecular weight excluding hydrogens is 207 g/mol. The molecule has 0 fully saturated rings. The molecule has 1 N–H and O–H groups in total. The van der Waals surface area contributed by atoms with E-state index in [4.69, 9.17) is 4.55 Å². The molecule has 0 bridgehead atoms. The predicted molar refractivity (Wildman–Crippen MR) is 50.7 cm³/mol. The van der Waals surface area contributed by atoms with E-state index in [1.807, 2.05) is 0 Å². The van der Waals surface area contributed by atoms with E-state index in [2.05, 4.69) is 12.6 Å². The summed E-state index contributed by atoms with van der Waals surface area (Å²) >= 11 is 3.91. The Balaban J connectivity index is 0.00000121. The van der Waals surface area contributed by atoms with Gasteiger partial charge < -0.3 is 0 Å². The molecule has 6 heteroatoms. The summed E-state index contributed by atoms with van der Waals surface area (Å²) in [6, 6.07) is 5.71. The SMILES string of the molecule is O=S(=O)(O)c1cccc(S)c1.[NaH]. The fourth-order valence-electron chi connectivity index (χ4n) is 0.644. The fraction of sp³-hybridized carbons (Fsp3) is 0.